The Hall–Kier alpha value is -1.51. The number of anilines is 1. The second kappa shape index (κ2) is 13.0. The first kappa shape index (κ1) is 30.5. The van der Waals surface area contributed by atoms with E-state index >= 15 is 0 Å². The van der Waals surface area contributed by atoms with E-state index in [0.29, 0.717) is 32.4 Å². The smallest absolute Gasteiger partial charge is 0.419 e. The van der Waals surface area contributed by atoms with Crippen molar-refractivity contribution in [2.75, 3.05) is 36.3 Å². The molecule has 194 valence electrons. The number of aromatic nitrogens is 2. The van der Waals surface area contributed by atoms with Gasteiger partial charge in [-0.1, -0.05) is 0 Å². The molecule has 1 aromatic rings. The summed E-state index contributed by atoms with van der Waals surface area (Å²) < 4.78 is 43.4. The van der Waals surface area contributed by atoms with Crippen molar-refractivity contribution in [2.45, 2.75) is 63.9 Å². The number of alkyl halides is 3. The third-order valence-corrected chi connectivity index (χ3v) is 5.96. The molecule has 1 aliphatic heterocycles. The molecular formula is C21H33F3IN5O3S. The molecule has 2 rings (SSSR count). The lowest BCUT2D eigenvalue weighted by molar-refractivity contribution is -0.138. The van der Waals surface area contributed by atoms with Gasteiger partial charge in [0.2, 0.25) is 11.9 Å². The molecule has 0 unspecified atom stereocenters. The van der Waals surface area contributed by atoms with Crippen LogP contribution in [-0.2, 0) is 26.6 Å². The number of rotatable bonds is 7. The number of carbonyl (C=O) groups is 2. The first-order valence-corrected chi connectivity index (χ1v) is 12.9. The van der Waals surface area contributed by atoms with Gasteiger partial charge in [-0.2, -0.15) is 13.2 Å². The normalized spacial score (nSPS) is 16.0. The van der Waals surface area contributed by atoms with E-state index in [2.05, 4.69) is 33.1 Å². The Morgan fingerprint density at radius 3 is 2.21 bits per heavy atom. The van der Waals surface area contributed by atoms with Gasteiger partial charge in [-0.3, -0.25) is 4.79 Å². The summed E-state index contributed by atoms with van der Waals surface area (Å²) in [4.78, 5) is 34.5. The number of halogens is 4. The summed E-state index contributed by atoms with van der Waals surface area (Å²) in [6, 6.07) is -0.821. The average Bonchev–Trinajstić information content (AvgIpc) is 2.69. The zero-order valence-corrected chi connectivity index (χ0v) is 23.0. The van der Waals surface area contributed by atoms with Crippen molar-refractivity contribution in [3.05, 3.63) is 18.0 Å². The molecule has 1 saturated heterocycles. The Balaban J connectivity index is 0.00000578. The monoisotopic (exact) mass is 619 g/mol. The number of amides is 2. The molecule has 0 aromatic carbocycles. The zero-order valence-electron chi connectivity index (χ0n) is 20.0. The van der Waals surface area contributed by atoms with Crippen LogP contribution in [0.3, 0.4) is 0 Å². The molecule has 34 heavy (non-hydrogen) atoms. The summed E-state index contributed by atoms with van der Waals surface area (Å²) in [5.41, 5.74) is -1.56. The summed E-state index contributed by atoms with van der Waals surface area (Å²) in [5, 5.41) is 5.67. The van der Waals surface area contributed by atoms with Gasteiger partial charge < -0.3 is 44.2 Å². The molecular weight excluding hydrogens is 586 g/mol. The van der Waals surface area contributed by atoms with E-state index in [1.54, 1.807) is 25.7 Å². The van der Waals surface area contributed by atoms with Crippen molar-refractivity contribution in [2.24, 2.45) is 0 Å². The van der Waals surface area contributed by atoms with Gasteiger partial charge in [0, 0.05) is 37.9 Å². The number of nitrogens with zero attached hydrogens (tertiary/aromatic N) is 3. The maximum Gasteiger partial charge on any atom is 0.419 e. The van der Waals surface area contributed by atoms with Crippen molar-refractivity contribution in [3.8, 4) is 0 Å². The topological polar surface area (TPSA) is 96.4 Å². The summed E-state index contributed by atoms with van der Waals surface area (Å²) in [5.74, 6) is 0.753. The number of hydrogen-bond donors (Lipinski definition) is 2. The SMILES string of the molecule is C[S+](C)CC[C@@H](NC(=O)OC(C)(C)C)C(=O)NC1CCN(c2ncc(C(F)(F)F)cn2)CC1.[I-]. The molecule has 0 aliphatic carbocycles. The fourth-order valence-electron chi connectivity index (χ4n) is 3.23. The molecule has 13 heteroatoms. The van der Waals surface area contributed by atoms with E-state index < -0.39 is 29.5 Å². The summed E-state index contributed by atoms with van der Waals surface area (Å²) in [7, 11) is 0.110. The number of nitrogens with one attached hydrogen (secondary N) is 2. The minimum absolute atomic E-state index is 0. The molecule has 0 spiro atoms. The molecule has 1 atom stereocenters. The average molecular weight is 619 g/mol. The van der Waals surface area contributed by atoms with Gasteiger partial charge in [-0.15, -0.1) is 0 Å². The van der Waals surface area contributed by atoms with E-state index in [9.17, 15) is 22.8 Å². The molecule has 0 bridgehead atoms. The lowest BCUT2D eigenvalue weighted by Crippen LogP contribution is -3.00. The van der Waals surface area contributed by atoms with Crippen LogP contribution in [0.25, 0.3) is 0 Å². The molecule has 2 N–H and O–H groups in total. The van der Waals surface area contributed by atoms with Crippen LogP contribution in [0.4, 0.5) is 23.9 Å². The second-order valence-electron chi connectivity index (χ2n) is 9.22. The maximum absolute atomic E-state index is 12.9. The fourth-order valence-corrected chi connectivity index (χ4v) is 3.94. The van der Waals surface area contributed by atoms with Crippen molar-refractivity contribution >= 4 is 28.8 Å². The predicted octanol–water partition coefficient (Wildman–Crippen LogP) is -0.254. The molecule has 2 amide bonds. The van der Waals surface area contributed by atoms with Gasteiger partial charge in [0.1, 0.15) is 17.4 Å². The molecule has 2 heterocycles. The number of alkyl carbamates (subject to hydrolysis) is 1. The Kier molecular flexibility index (Phi) is 11.7. The summed E-state index contributed by atoms with van der Waals surface area (Å²) in [6.45, 7) is 6.25. The molecule has 0 saturated carbocycles. The largest absolute Gasteiger partial charge is 1.00 e. The van der Waals surface area contributed by atoms with Crippen LogP contribution >= 0.6 is 0 Å². The standard InChI is InChI=1S/C21H32F3N5O3S.HI/c1-20(2,3)32-19(31)28-16(8-11-33(4)5)17(30)27-15-6-9-29(10-7-15)18-25-12-14(13-26-18)21(22,23)24;/h12-13,15-16H,6-11H2,1-5H3,(H-,27,28,30,31);1H/t16-;/m1./s1. The second-order valence-corrected chi connectivity index (χ2v) is 11.6. The summed E-state index contributed by atoms with van der Waals surface area (Å²) in [6.07, 6.45) is 2.25. The Morgan fingerprint density at radius 2 is 1.74 bits per heavy atom. The highest BCUT2D eigenvalue weighted by molar-refractivity contribution is 7.95. The molecule has 8 nitrogen and oxygen atoms in total. The molecule has 1 aliphatic rings. The zero-order chi connectivity index (χ0) is 24.8. The van der Waals surface area contributed by atoms with E-state index in [-0.39, 0.29) is 52.8 Å². The van der Waals surface area contributed by atoms with Gasteiger partial charge >= 0.3 is 12.3 Å². The third kappa shape index (κ3) is 10.4. The van der Waals surface area contributed by atoms with Crippen molar-refractivity contribution in [1.82, 2.24) is 20.6 Å². The molecule has 1 aromatic heterocycles. The van der Waals surface area contributed by atoms with Gasteiger partial charge in [-0.25, -0.2) is 14.8 Å². The van der Waals surface area contributed by atoms with Crippen LogP contribution in [0.2, 0.25) is 0 Å². The van der Waals surface area contributed by atoms with Crippen LogP contribution in [0.1, 0.15) is 45.6 Å². The van der Waals surface area contributed by atoms with Crippen LogP contribution in [-0.4, -0.2) is 71.0 Å². The summed E-state index contributed by atoms with van der Waals surface area (Å²) >= 11 is 0. The Morgan fingerprint density at radius 1 is 1.18 bits per heavy atom. The van der Waals surface area contributed by atoms with Crippen LogP contribution < -0.4 is 39.5 Å². The maximum atomic E-state index is 12.9. The third-order valence-electron chi connectivity index (χ3n) is 4.91. The quantitative estimate of drug-likeness (QED) is 0.323. The number of ether oxygens (including phenoxy) is 1. The van der Waals surface area contributed by atoms with Gasteiger partial charge in [-0.05, 0) is 44.5 Å². The van der Waals surface area contributed by atoms with Crippen molar-refractivity contribution in [3.63, 3.8) is 0 Å². The minimum atomic E-state index is -4.48. The fraction of sp³-hybridized carbons (Fsp3) is 0.714. The van der Waals surface area contributed by atoms with E-state index in [1.807, 2.05) is 0 Å². The van der Waals surface area contributed by atoms with E-state index in [4.69, 9.17) is 4.74 Å². The van der Waals surface area contributed by atoms with Gasteiger partial charge in [0.25, 0.3) is 0 Å². The first-order valence-electron chi connectivity index (χ1n) is 10.7. The van der Waals surface area contributed by atoms with E-state index in [0.717, 1.165) is 18.1 Å². The highest BCUT2D eigenvalue weighted by atomic mass is 127. The number of piperidine rings is 1. The van der Waals surface area contributed by atoms with E-state index in [1.165, 1.54) is 0 Å². The van der Waals surface area contributed by atoms with Gasteiger partial charge in [0.05, 0.1) is 18.1 Å². The highest BCUT2D eigenvalue weighted by Crippen LogP contribution is 2.28. The lowest BCUT2D eigenvalue weighted by Gasteiger charge is -2.33. The van der Waals surface area contributed by atoms with Crippen LogP contribution in [0.5, 0.6) is 0 Å². The highest BCUT2D eigenvalue weighted by Gasteiger charge is 2.32. The van der Waals surface area contributed by atoms with Crippen LogP contribution in [0.15, 0.2) is 12.4 Å². The van der Waals surface area contributed by atoms with Gasteiger partial charge in [0.15, 0.2) is 0 Å². The predicted molar refractivity (Wildman–Crippen MR) is 122 cm³/mol. The number of carbonyl (C=O) groups excluding carboxylic acids is 2. The van der Waals surface area contributed by atoms with Crippen molar-refractivity contribution in [1.29, 1.82) is 0 Å². The van der Waals surface area contributed by atoms with Crippen molar-refractivity contribution < 1.29 is 51.5 Å². The molecule has 0 radical (unpaired) electrons. The Bertz CT molecular complexity index is 798. The molecule has 1 fully saturated rings. The first-order chi connectivity index (χ1) is 15.2. The van der Waals surface area contributed by atoms with Crippen LogP contribution in [0, 0.1) is 0 Å². The minimum Gasteiger partial charge on any atom is -1.00 e. The number of hydrogen-bond acceptors (Lipinski definition) is 6. The lowest BCUT2D eigenvalue weighted by atomic mass is 10.0. The Labute approximate surface area is 218 Å².